The van der Waals surface area contributed by atoms with Crippen molar-refractivity contribution in [2.24, 2.45) is 5.92 Å². The van der Waals surface area contributed by atoms with Gasteiger partial charge < -0.3 is 33.6 Å². The van der Waals surface area contributed by atoms with E-state index in [-0.39, 0.29) is 35.6 Å². The van der Waals surface area contributed by atoms with Crippen LogP contribution in [-0.4, -0.2) is 35.8 Å². The van der Waals surface area contributed by atoms with Crippen molar-refractivity contribution in [1.82, 2.24) is 0 Å². The Morgan fingerprint density at radius 2 is 1.25 bits per heavy atom. The lowest BCUT2D eigenvalue weighted by Crippen LogP contribution is -3.00. The number of nitrogens with zero attached hydrogens (tertiary/aromatic N) is 1. The highest BCUT2D eigenvalue weighted by Crippen LogP contribution is 2.47. The fraction of sp³-hybridized carbons (Fsp3) is 0.478. The average Bonchev–Trinajstić information content (AvgIpc) is 2.80. The summed E-state index contributed by atoms with van der Waals surface area (Å²) in [6, 6.07) is 13.4. The molecule has 152 valence electrons. The molecule has 2 aliphatic rings. The summed E-state index contributed by atoms with van der Waals surface area (Å²) in [5.41, 5.74) is 0.101. The van der Waals surface area contributed by atoms with Crippen molar-refractivity contribution in [2.75, 3.05) is 14.1 Å². The van der Waals surface area contributed by atoms with Gasteiger partial charge in [-0.2, -0.15) is 0 Å². The van der Waals surface area contributed by atoms with Crippen LogP contribution in [0.3, 0.4) is 0 Å². The molecule has 2 bridgehead atoms. The number of quaternary nitrogens is 1. The number of piperidine rings is 1. The number of fused-ring (bicyclic) bond motifs is 2. The Morgan fingerprint density at radius 1 is 0.857 bits per heavy atom. The molecule has 2 heterocycles. The Labute approximate surface area is 183 Å². The largest absolute Gasteiger partial charge is 1.00 e. The Morgan fingerprint density at radius 3 is 1.64 bits per heavy atom. The van der Waals surface area contributed by atoms with Crippen LogP contribution in [0.25, 0.3) is 0 Å². The second-order valence-corrected chi connectivity index (χ2v) is 8.93. The molecule has 4 rings (SSSR count). The zero-order valence-electron chi connectivity index (χ0n) is 16.4. The molecule has 0 radical (unpaired) electrons. The van der Waals surface area contributed by atoms with E-state index in [2.05, 4.69) is 14.1 Å². The van der Waals surface area contributed by atoms with Gasteiger partial charge in [-0.3, -0.25) is 0 Å². The quantitative estimate of drug-likeness (QED) is 0.501. The van der Waals surface area contributed by atoms with E-state index in [1.807, 2.05) is 0 Å². The van der Waals surface area contributed by atoms with E-state index < -0.39 is 5.60 Å². The lowest BCUT2D eigenvalue weighted by Gasteiger charge is -2.46. The molecule has 0 aliphatic carbocycles. The molecule has 1 N–H and O–H groups in total. The summed E-state index contributed by atoms with van der Waals surface area (Å²) in [4.78, 5) is 0. The second kappa shape index (κ2) is 8.00. The Balaban J connectivity index is 0.00000225. The summed E-state index contributed by atoms with van der Waals surface area (Å²) in [7, 11) is 4.65. The van der Waals surface area contributed by atoms with E-state index in [1.165, 1.54) is 37.1 Å². The van der Waals surface area contributed by atoms with Crippen LogP contribution in [0.15, 0.2) is 48.5 Å². The summed E-state index contributed by atoms with van der Waals surface area (Å²) < 4.78 is 28.0. The third-order valence-electron chi connectivity index (χ3n) is 7.15. The minimum Gasteiger partial charge on any atom is -1.00 e. The fourth-order valence-electron chi connectivity index (χ4n) is 5.43. The lowest BCUT2D eigenvalue weighted by molar-refractivity contribution is -0.931. The second-order valence-electron chi connectivity index (χ2n) is 8.93. The maximum Gasteiger partial charge on any atom is 0.123 e. The molecule has 0 saturated carbocycles. The zero-order valence-corrected chi connectivity index (χ0v) is 18.6. The van der Waals surface area contributed by atoms with Crippen LogP contribution in [0.4, 0.5) is 8.78 Å². The van der Waals surface area contributed by atoms with Crippen molar-refractivity contribution in [3.8, 4) is 0 Å². The lowest BCUT2D eigenvalue weighted by atomic mass is 9.75. The molecule has 28 heavy (non-hydrogen) atoms. The van der Waals surface area contributed by atoms with Gasteiger partial charge >= 0.3 is 0 Å². The molecular formula is C23H28F2INO. The first-order chi connectivity index (χ1) is 12.8. The number of hydrogen-bond acceptors (Lipinski definition) is 1. The van der Waals surface area contributed by atoms with Gasteiger partial charge in [-0.25, -0.2) is 8.78 Å². The highest BCUT2D eigenvalue weighted by molar-refractivity contribution is 5.36. The minimum absolute atomic E-state index is 0. The number of hydrogen-bond donors (Lipinski definition) is 1. The number of aliphatic hydroxyl groups is 1. The van der Waals surface area contributed by atoms with E-state index in [0.717, 1.165) is 17.3 Å². The van der Waals surface area contributed by atoms with Crippen molar-refractivity contribution >= 4 is 0 Å². The van der Waals surface area contributed by atoms with E-state index in [9.17, 15) is 13.9 Å². The Bertz CT molecular complexity index is 745. The third kappa shape index (κ3) is 3.85. The number of rotatable bonds is 4. The van der Waals surface area contributed by atoms with Crippen molar-refractivity contribution in [1.29, 1.82) is 0 Å². The van der Waals surface area contributed by atoms with Crippen molar-refractivity contribution in [3.63, 3.8) is 0 Å². The van der Waals surface area contributed by atoms with Crippen LogP contribution in [0.2, 0.25) is 0 Å². The van der Waals surface area contributed by atoms with Gasteiger partial charge in [-0.1, -0.05) is 24.3 Å². The molecule has 2 unspecified atom stereocenters. The van der Waals surface area contributed by atoms with Crippen LogP contribution in [0.5, 0.6) is 0 Å². The fourth-order valence-corrected chi connectivity index (χ4v) is 5.43. The third-order valence-corrected chi connectivity index (χ3v) is 7.15. The molecule has 0 spiro atoms. The van der Waals surface area contributed by atoms with Crippen molar-refractivity contribution in [2.45, 2.75) is 49.8 Å². The summed E-state index contributed by atoms with van der Waals surface area (Å²) in [6.45, 7) is 0. The molecule has 2 aliphatic heterocycles. The summed E-state index contributed by atoms with van der Waals surface area (Å²) >= 11 is 0. The van der Waals surface area contributed by atoms with Gasteiger partial charge in [0.2, 0.25) is 0 Å². The number of halogens is 3. The standard InChI is InChI=1S/C23H28F2NO.HI/c1-26(2)21-11-12-22(26)14-16(13-21)15-23(27,17-3-7-19(24)8-4-17)18-5-9-20(25)10-6-18;/h3-10,16,21-22,27H,11-15H2,1-2H3;1H/q+1;/p-1. The van der Waals surface area contributed by atoms with Crippen LogP contribution in [0, 0.1) is 17.6 Å². The molecule has 2 nitrogen and oxygen atoms in total. The predicted octanol–water partition coefficient (Wildman–Crippen LogP) is 1.61. The zero-order chi connectivity index (χ0) is 19.2. The average molecular weight is 499 g/mol. The molecule has 5 heteroatoms. The van der Waals surface area contributed by atoms with Crippen LogP contribution >= 0.6 is 0 Å². The Hall–Kier alpha value is -1.05. The van der Waals surface area contributed by atoms with Gasteiger partial charge in [0.1, 0.15) is 17.2 Å². The van der Waals surface area contributed by atoms with Gasteiger partial charge in [-0.05, 0) is 47.7 Å². The summed E-state index contributed by atoms with van der Waals surface area (Å²) in [6.07, 6.45) is 5.26. The van der Waals surface area contributed by atoms with Gasteiger partial charge in [0.05, 0.1) is 26.2 Å². The molecule has 2 saturated heterocycles. The molecule has 2 aromatic carbocycles. The first-order valence-electron chi connectivity index (χ1n) is 9.87. The molecule has 2 aromatic rings. The molecule has 0 aromatic heterocycles. The van der Waals surface area contributed by atoms with Crippen molar-refractivity contribution < 1.29 is 42.3 Å². The first-order valence-corrected chi connectivity index (χ1v) is 9.87. The van der Waals surface area contributed by atoms with Crippen molar-refractivity contribution in [3.05, 3.63) is 71.3 Å². The first kappa shape index (κ1) is 21.7. The molecular weight excluding hydrogens is 471 g/mol. The topological polar surface area (TPSA) is 20.2 Å². The maximum absolute atomic E-state index is 13.5. The van der Waals surface area contributed by atoms with E-state index in [4.69, 9.17) is 0 Å². The predicted molar refractivity (Wildman–Crippen MR) is 102 cm³/mol. The smallest absolute Gasteiger partial charge is 0.123 e. The van der Waals surface area contributed by atoms with Gasteiger partial charge in [-0.15, -0.1) is 0 Å². The normalized spacial score (nSPS) is 26.0. The van der Waals surface area contributed by atoms with Crippen LogP contribution in [-0.2, 0) is 5.60 Å². The minimum atomic E-state index is -1.24. The molecule has 2 atom stereocenters. The van der Waals surface area contributed by atoms with E-state index in [0.29, 0.717) is 35.5 Å². The highest BCUT2D eigenvalue weighted by Gasteiger charge is 2.50. The summed E-state index contributed by atoms with van der Waals surface area (Å²) in [5.74, 6) is -0.251. The SMILES string of the molecule is C[N+]1(C)C2CCC1CC(CC(O)(c1ccc(F)cc1)c1ccc(F)cc1)C2.[I-]. The Kier molecular flexibility index (Phi) is 6.18. The van der Waals surface area contributed by atoms with Gasteiger partial charge in [0.15, 0.2) is 0 Å². The molecule has 2 fully saturated rings. The number of benzene rings is 2. The van der Waals surface area contributed by atoms with E-state index >= 15 is 0 Å². The van der Waals surface area contributed by atoms with Gasteiger partial charge in [0, 0.05) is 25.7 Å². The maximum atomic E-state index is 13.5. The summed E-state index contributed by atoms with van der Waals surface area (Å²) in [5, 5.41) is 11.8. The monoisotopic (exact) mass is 499 g/mol. The van der Waals surface area contributed by atoms with Gasteiger partial charge in [0.25, 0.3) is 0 Å². The highest BCUT2D eigenvalue weighted by atomic mass is 127. The molecule has 0 amide bonds. The van der Waals surface area contributed by atoms with E-state index in [1.54, 1.807) is 24.3 Å². The van der Waals surface area contributed by atoms with Crippen LogP contribution in [0.1, 0.15) is 43.2 Å². The van der Waals surface area contributed by atoms with Crippen LogP contribution < -0.4 is 24.0 Å².